The molecule has 23 heavy (non-hydrogen) atoms. The lowest BCUT2D eigenvalue weighted by Crippen LogP contribution is -2.54. The minimum absolute atomic E-state index is 0.0695. The molecular formula is C20H29ClO2. The highest BCUT2D eigenvalue weighted by Gasteiger charge is 2.62. The number of aliphatic hydroxyl groups is 1. The monoisotopic (exact) mass is 336 g/mol. The number of rotatable bonds is 0. The van der Waals surface area contributed by atoms with Gasteiger partial charge in [-0.05, 0) is 86.0 Å². The van der Waals surface area contributed by atoms with Crippen molar-refractivity contribution >= 4 is 17.4 Å². The van der Waals surface area contributed by atoms with Gasteiger partial charge in [-0.2, -0.15) is 0 Å². The maximum absolute atomic E-state index is 12.0. The molecule has 1 unspecified atom stereocenters. The summed E-state index contributed by atoms with van der Waals surface area (Å²) < 4.78 is 0. The van der Waals surface area contributed by atoms with Crippen LogP contribution in [-0.2, 0) is 4.79 Å². The first-order valence-electron chi connectivity index (χ1n) is 9.35. The highest BCUT2D eigenvalue weighted by atomic mass is 35.5. The standard InChI is InChI=1S/C20H29ClO2/c1-18-9-8-16(22)17(21)15(18)5-4-12-13(18)6-10-19(2)14(12)7-11-20(19,3)23/h12-14,23H,4-11H2,1-3H3/t12-,13-,14+,18-,19+,20?/m1/s1. The number of halogens is 1. The predicted octanol–water partition coefficient (Wildman–Crippen LogP) is 4.84. The van der Waals surface area contributed by atoms with Gasteiger partial charge in [0.15, 0.2) is 5.78 Å². The third-order valence-electron chi connectivity index (χ3n) is 8.62. The summed E-state index contributed by atoms with van der Waals surface area (Å²) in [5.74, 6) is 2.11. The molecule has 0 heterocycles. The second-order valence-electron chi connectivity index (χ2n) is 9.32. The fourth-order valence-electron chi connectivity index (χ4n) is 6.89. The average Bonchev–Trinajstić information content (AvgIpc) is 2.74. The maximum Gasteiger partial charge on any atom is 0.174 e. The van der Waals surface area contributed by atoms with Crippen LogP contribution in [0.3, 0.4) is 0 Å². The summed E-state index contributed by atoms with van der Waals surface area (Å²) in [5.41, 5.74) is 0.925. The third kappa shape index (κ3) is 1.94. The van der Waals surface area contributed by atoms with E-state index in [4.69, 9.17) is 11.6 Å². The number of hydrogen-bond donors (Lipinski definition) is 1. The van der Waals surface area contributed by atoms with E-state index in [1.807, 2.05) is 0 Å². The van der Waals surface area contributed by atoms with Crippen molar-refractivity contribution in [2.75, 3.05) is 0 Å². The van der Waals surface area contributed by atoms with Crippen LogP contribution in [0.2, 0.25) is 0 Å². The lowest BCUT2D eigenvalue weighted by atomic mass is 9.46. The van der Waals surface area contributed by atoms with Gasteiger partial charge in [0.25, 0.3) is 0 Å². The molecule has 4 aliphatic rings. The maximum atomic E-state index is 12.0. The summed E-state index contributed by atoms with van der Waals surface area (Å²) in [5, 5.41) is 11.5. The van der Waals surface area contributed by atoms with Crippen LogP contribution in [0.1, 0.15) is 72.1 Å². The molecular weight excluding hydrogens is 308 g/mol. The number of fused-ring (bicyclic) bond motifs is 5. The van der Waals surface area contributed by atoms with Crippen LogP contribution in [0.5, 0.6) is 0 Å². The Bertz CT molecular complexity index is 592. The molecule has 4 aliphatic carbocycles. The quantitative estimate of drug-likeness (QED) is 0.687. The van der Waals surface area contributed by atoms with E-state index in [9.17, 15) is 9.90 Å². The molecule has 0 amide bonds. The average molecular weight is 337 g/mol. The molecule has 2 nitrogen and oxygen atoms in total. The molecule has 6 atom stereocenters. The molecule has 1 N–H and O–H groups in total. The van der Waals surface area contributed by atoms with Crippen LogP contribution in [0.4, 0.5) is 0 Å². The van der Waals surface area contributed by atoms with E-state index >= 15 is 0 Å². The van der Waals surface area contributed by atoms with E-state index in [0.717, 1.165) is 38.5 Å². The molecule has 4 rings (SSSR count). The molecule has 3 heteroatoms. The van der Waals surface area contributed by atoms with Crippen LogP contribution in [0.15, 0.2) is 10.6 Å². The summed E-state index contributed by atoms with van der Waals surface area (Å²) in [7, 11) is 0. The number of allylic oxidation sites excluding steroid dienone is 1. The molecule has 0 spiro atoms. The normalized spacial score (nSPS) is 52.9. The van der Waals surface area contributed by atoms with Gasteiger partial charge in [0.05, 0.1) is 10.6 Å². The Hall–Kier alpha value is -0.340. The van der Waals surface area contributed by atoms with Gasteiger partial charge in [-0.25, -0.2) is 0 Å². The second-order valence-corrected chi connectivity index (χ2v) is 9.70. The van der Waals surface area contributed by atoms with Crippen LogP contribution in [0, 0.1) is 28.6 Å². The fraction of sp³-hybridized carbons (Fsp3) is 0.850. The Balaban J connectivity index is 1.72. The third-order valence-corrected chi connectivity index (χ3v) is 9.05. The van der Waals surface area contributed by atoms with E-state index in [2.05, 4.69) is 20.8 Å². The van der Waals surface area contributed by atoms with Gasteiger partial charge in [-0.1, -0.05) is 25.4 Å². The largest absolute Gasteiger partial charge is 0.390 e. The van der Waals surface area contributed by atoms with Gasteiger partial charge in [-0.3, -0.25) is 4.79 Å². The summed E-state index contributed by atoms with van der Waals surface area (Å²) in [6, 6.07) is 0. The number of hydrogen-bond acceptors (Lipinski definition) is 2. The lowest BCUT2D eigenvalue weighted by molar-refractivity contribution is -0.124. The zero-order valence-electron chi connectivity index (χ0n) is 14.6. The Morgan fingerprint density at radius 1 is 1.00 bits per heavy atom. The Morgan fingerprint density at radius 2 is 1.70 bits per heavy atom. The number of carbonyl (C=O) groups is 1. The zero-order chi connectivity index (χ0) is 16.6. The van der Waals surface area contributed by atoms with Crippen molar-refractivity contribution in [2.24, 2.45) is 28.6 Å². The first kappa shape index (κ1) is 16.1. The zero-order valence-corrected chi connectivity index (χ0v) is 15.4. The lowest BCUT2D eigenvalue weighted by Gasteiger charge is -2.59. The van der Waals surface area contributed by atoms with Gasteiger partial charge in [0.1, 0.15) is 0 Å². The highest BCUT2D eigenvalue weighted by Crippen LogP contribution is 2.67. The SMILES string of the molecule is CC1(O)CC[C@H]2[C@@H]3CCC4=C(Cl)C(=O)CC[C@]4(C)[C@@H]3CC[C@@]21C. The van der Waals surface area contributed by atoms with E-state index < -0.39 is 5.60 Å². The van der Waals surface area contributed by atoms with Crippen molar-refractivity contribution in [2.45, 2.75) is 77.7 Å². The molecule has 0 radical (unpaired) electrons. The van der Waals surface area contributed by atoms with Crippen molar-refractivity contribution in [1.82, 2.24) is 0 Å². The highest BCUT2D eigenvalue weighted by molar-refractivity contribution is 6.43. The Labute approximate surface area is 144 Å². The number of ketones is 1. The van der Waals surface area contributed by atoms with Crippen LogP contribution in [-0.4, -0.2) is 16.5 Å². The molecule has 0 aromatic carbocycles. The van der Waals surface area contributed by atoms with Crippen LogP contribution in [0.25, 0.3) is 0 Å². The van der Waals surface area contributed by atoms with Crippen molar-refractivity contribution in [1.29, 1.82) is 0 Å². The fourth-order valence-corrected chi connectivity index (χ4v) is 7.30. The summed E-state index contributed by atoms with van der Waals surface area (Å²) in [6.07, 6.45) is 8.10. The molecule has 3 fully saturated rings. The Morgan fingerprint density at radius 3 is 2.43 bits per heavy atom. The van der Waals surface area contributed by atoms with Crippen molar-refractivity contribution < 1.29 is 9.90 Å². The molecule has 128 valence electrons. The summed E-state index contributed by atoms with van der Waals surface area (Å²) in [4.78, 5) is 12.0. The van der Waals surface area contributed by atoms with E-state index in [0.29, 0.717) is 29.2 Å². The molecule has 0 saturated heterocycles. The van der Waals surface area contributed by atoms with E-state index in [-0.39, 0.29) is 16.6 Å². The van der Waals surface area contributed by atoms with Crippen LogP contribution >= 0.6 is 11.6 Å². The van der Waals surface area contributed by atoms with E-state index in [1.165, 1.54) is 12.0 Å². The van der Waals surface area contributed by atoms with Gasteiger partial charge in [0, 0.05) is 6.42 Å². The molecule has 0 aromatic rings. The van der Waals surface area contributed by atoms with Crippen LogP contribution < -0.4 is 0 Å². The first-order valence-corrected chi connectivity index (χ1v) is 9.73. The molecule has 3 saturated carbocycles. The van der Waals surface area contributed by atoms with Crippen molar-refractivity contribution in [3.8, 4) is 0 Å². The molecule has 0 bridgehead atoms. The minimum Gasteiger partial charge on any atom is -0.390 e. The topological polar surface area (TPSA) is 37.3 Å². The van der Waals surface area contributed by atoms with Gasteiger partial charge >= 0.3 is 0 Å². The molecule has 0 aliphatic heterocycles. The second kappa shape index (κ2) is 4.85. The van der Waals surface area contributed by atoms with Crippen molar-refractivity contribution in [3.63, 3.8) is 0 Å². The smallest absolute Gasteiger partial charge is 0.174 e. The first-order chi connectivity index (χ1) is 10.7. The minimum atomic E-state index is -0.514. The van der Waals surface area contributed by atoms with E-state index in [1.54, 1.807) is 0 Å². The number of Topliss-reactive ketones (excluding diaryl/α,β-unsaturated/α-hetero) is 1. The van der Waals surface area contributed by atoms with Gasteiger partial charge < -0.3 is 5.11 Å². The summed E-state index contributed by atoms with van der Waals surface area (Å²) in [6.45, 7) is 6.75. The van der Waals surface area contributed by atoms with Gasteiger partial charge in [0.2, 0.25) is 0 Å². The predicted molar refractivity (Wildman–Crippen MR) is 92.1 cm³/mol. The molecule has 0 aromatic heterocycles. The number of carbonyl (C=O) groups excluding carboxylic acids is 1. The summed E-state index contributed by atoms with van der Waals surface area (Å²) >= 11 is 6.44. The van der Waals surface area contributed by atoms with Gasteiger partial charge in [-0.15, -0.1) is 0 Å². The van der Waals surface area contributed by atoms with Crippen molar-refractivity contribution in [3.05, 3.63) is 10.6 Å². The Kier molecular flexibility index (Phi) is 3.40.